The minimum atomic E-state index is -0.211. The SMILES string of the molecule is CN(CC1COc2ccccc2O1)C(=O)c1ccc(-c2cn[nH]c2)nc1. The van der Waals surface area contributed by atoms with Crippen molar-refractivity contribution >= 4 is 5.91 Å². The van der Waals surface area contributed by atoms with Crippen molar-refractivity contribution in [2.75, 3.05) is 20.2 Å². The van der Waals surface area contributed by atoms with Crippen LogP contribution in [0, 0.1) is 0 Å². The number of para-hydroxylation sites is 2. The van der Waals surface area contributed by atoms with Gasteiger partial charge in [-0.25, -0.2) is 0 Å². The summed E-state index contributed by atoms with van der Waals surface area (Å²) in [4.78, 5) is 18.6. The summed E-state index contributed by atoms with van der Waals surface area (Å²) in [6.07, 6.45) is 4.81. The van der Waals surface area contributed by atoms with Crippen LogP contribution >= 0.6 is 0 Å². The Morgan fingerprint density at radius 3 is 2.81 bits per heavy atom. The molecule has 1 aliphatic rings. The van der Waals surface area contributed by atoms with Crippen molar-refractivity contribution in [3.63, 3.8) is 0 Å². The molecule has 3 aromatic rings. The molecule has 7 nitrogen and oxygen atoms in total. The molecule has 1 unspecified atom stereocenters. The Hall–Kier alpha value is -3.35. The van der Waals surface area contributed by atoms with Crippen molar-refractivity contribution in [2.24, 2.45) is 0 Å². The van der Waals surface area contributed by atoms with Crippen molar-refractivity contribution in [1.82, 2.24) is 20.1 Å². The van der Waals surface area contributed by atoms with E-state index in [2.05, 4.69) is 15.2 Å². The van der Waals surface area contributed by atoms with Crippen LogP contribution < -0.4 is 9.47 Å². The molecule has 1 amide bonds. The molecular weight excluding hydrogens is 332 g/mol. The van der Waals surface area contributed by atoms with Crippen LogP contribution in [0.25, 0.3) is 11.3 Å². The minimum absolute atomic E-state index is 0.112. The quantitative estimate of drug-likeness (QED) is 0.781. The van der Waals surface area contributed by atoms with E-state index in [4.69, 9.17) is 9.47 Å². The highest BCUT2D eigenvalue weighted by Crippen LogP contribution is 2.31. The summed E-state index contributed by atoms with van der Waals surface area (Å²) in [6.45, 7) is 0.836. The molecule has 1 aliphatic heterocycles. The third-order valence-corrected chi connectivity index (χ3v) is 4.20. The van der Waals surface area contributed by atoms with E-state index in [1.54, 1.807) is 36.6 Å². The Labute approximate surface area is 150 Å². The number of likely N-dealkylation sites (N-methyl/N-ethyl adjacent to an activating group) is 1. The standard InChI is InChI=1S/C19H18N4O3/c1-23(11-15-12-25-17-4-2-3-5-18(17)26-15)19(24)13-6-7-16(20-8-13)14-9-21-22-10-14/h2-10,15H,11-12H2,1H3,(H,21,22). The second-order valence-corrected chi connectivity index (χ2v) is 6.10. The number of amides is 1. The molecule has 0 saturated carbocycles. The normalized spacial score (nSPS) is 15.5. The van der Waals surface area contributed by atoms with Crippen molar-refractivity contribution in [3.8, 4) is 22.8 Å². The lowest BCUT2D eigenvalue weighted by molar-refractivity contribution is 0.0520. The molecule has 0 bridgehead atoms. The van der Waals surface area contributed by atoms with Crippen LogP contribution in [0.4, 0.5) is 0 Å². The molecule has 0 radical (unpaired) electrons. The summed E-state index contributed by atoms with van der Waals surface area (Å²) >= 11 is 0. The molecule has 0 fully saturated rings. The number of pyridine rings is 1. The molecule has 1 aromatic carbocycles. The zero-order valence-electron chi connectivity index (χ0n) is 14.3. The van der Waals surface area contributed by atoms with Crippen LogP contribution in [0.3, 0.4) is 0 Å². The van der Waals surface area contributed by atoms with Crippen LogP contribution in [0.2, 0.25) is 0 Å². The van der Waals surface area contributed by atoms with Gasteiger partial charge in [-0.05, 0) is 24.3 Å². The number of carbonyl (C=O) groups excluding carboxylic acids is 1. The predicted molar refractivity (Wildman–Crippen MR) is 95.1 cm³/mol. The predicted octanol–water partition coefficient (Wildman–Crippen LogP) is 2.38. The Bertz CT molecular complexity index is 893. The molecule has 7 heteroatoms. The van der Waals surface area contributed by atoms with E-state index in [-0.39, 0.29) is 12.0 Å². The highest BCUT2D eigenvalue weighted by Gasteiger charge is 2.24. The first-order valence-corrected chi connectivity index (χ1v) is 8.30. The van der Waals surface area contributed by atoms with Crippen LogP contribution in [0.15, 0.2) is 55.0 Å². The lowest BCUT2D eigenvalue weighted by Crippen LogP contribution is -2.41. The average molecular weight is 350 g/mol. The first-order valence-electron chi connectivity index (χ1n) is 8.30. The third kappa shape index (κ3) is 3.23. The molecule has 1 N–H and O–H groups in total. The first-order chi connectivity index (χ1) is 12.7. The minimum Gasteiger partial charge on any atom is -0.486 e. The smallest absolute Gasteiger partial charge is 0.255 e. The maximum absolute atomic E-state index is 12.6. The number of aromatic amines is 1. The van der Waals surface area contributed by atoms with E-state index in [1.165, 1.54) is 0 Å². The average Bonchev–Trinajstić information content (AvgIpc) is 3.22. The first kappa shape index (κ1) is 16.1. The fraction of sp³-hybridized carbons (Fsp3) is 0.211. The van der Waals surface area contributed by atoms with Gasteiger partial charge in [0.15, 0.2) is 17.6 Å². The van der Waals surface area contributed by atoms with Gasteiger partial charge in [-0.1, -0.05) is 12.1 Å². The van der Waals surface area contributed by atoms with Crippen molar-refractivity contribution in [2.45, 2.75) is 6.10 Å². The van der Waals surface area contributed by atoms with Gasteiger partial charge in [0.2, 0.25) is 0 Å². The maximum Gasteiger partial charge on any atom is 0.255 e. The number of ether oxygens (including phenoxy) is 2. The number of hydrogen-bond acceptors (Lipinski definition) is 5. The van der Waals surface area contributed by atoms with Gasteiger partial charge in [-0.3, -0.25) is 14.9 Å². The fourth-order valence-electron chi connectivity index (χ4n) is 2.84. The largest absolute Gasteiger partial charge is 0.486 e. The van der Waals surface area contributed by atoms with E-state index in [9.17, 15) is 4.79 Å². The van der Waals surface area contributed by atoms with Gasteiger partial charge in [0.05, 0.1) is 24.0 Å². The van der Waals surface area contributed by atoms with Gasteiger partial charge >= 0.3 is 0 Å². The Morgan fingerprint density at radius 2 is 2.08 bits per heavy atom. The number of H-pyrrole nitrogens is 1. The lowest BCUT2D eigenvalue weighted by Gasteiger charge is -2.29. The molecule has 0 spiro atoms. The number of nitrogens with zero attached hydrogens (tertiary/aromatic N) is 3. The van der Waals surface area contributed by atoms with Crippen LogP contribution in [0.1, 0.15) is 10.4 Å². The van der Waals surface area contributed by atoms with Gasteiger partial charge in [-0.15, -0.1) is 0 Å². The number of aromatic nitrogens is 3. The number of rotatable bonds is 4. The summed E-state index contributed by atoms with van der Waals surface area (Å²) in [6, 6.07) is 11.1. The van der Waals surface area contributed by atoms with Gasteiger partial charge < -0.3 is 14.4 Å². The lowest BCUT2D eigenvalue weighted by atomic mass is 10.2. The van der Waals surface area contributed by atoms with Crippen molar-refractivity contribution in [1.29, 1.82) is 0 Å². The highest BCUT2D eigenvalue weighted by atomic mass is 16.6. The number of hydrogen-bond donors (Lipinski definition) is 1. The monoisotopic (exact) mass is 350 g/mol. The molecule has 4 rings (SSSR count). The number of carbonyl (C=O) groups is 1. The molecule has 0 saturated heterocycles. The molecule has 2 aromatic heterocycles. The molecule has 0 aliphatic carbocycles. The van der Waals surface area contributed by atoms with Gasteiger partial charge in [0, 0.05) is 25.0 Å². The van der Waals surface area contributed by atoms with Gasteiger partial charge in [0.25, 0.3) is 5.91 Å². The van der Waals surface area contributed by atoms with Crippen LogP contribution in [-0.2, 0) is 0 Å². The van der Waals surface area contributed by atoms with E-state index in [0.717, 1.165) is 17.0 Å². The Balaban J connectivity index is 1.40. The zero-order valence-corrected chi connectivity index (χ0v) is 14.3. The summed E-state index contributed by atoms with van der Waals surface area (Å²) in [5.74, 6) is 1.33. The number of fused-ring (bicyclic) bond motifs is 1. The third-order valence-electron chi connectivity index (χ3n) is 4.20. The van der Waals surface area contributed by atoms with Gasteiger partial charge in [-0.2, -0.15) is 5.10 Å². The molecule has 1 atom stereocenters. The summed E-state index contributed by atoms with van der Waals surface area (Å²) in [5.41, 5.74) is 2.17. The molecular formula is C19H18N4O3. The summed E-state index contributed by atoms with van der Waals surface area (Å²) in [5, 5.41) is 6.65. The number of benzene rings is 1. The summed E-state index contributed by atoms with van der Waals surface area (Å²) in [7, 11) is 1.75. The molecule has 132 valence electrons. The fourth-order valence-corrected chi connectivity index (χ4v) is 2.84. The van der Waals surface area contributed by atoms with Crippen LogP contribution in [0.5, 0.6) is 11.5 Å². The van der Waals surface area contributed by atoms with E-state index in [1.807, 2.05) is 30.3 Å². The van der Waals surface area contributed by atoms with Gasteiger partial charge in [0.1, 0.15) is 6.61 Å². The topological polar surface area (TPSA) is 80.3 Å². The Kier molecular flexibility index (Phi) is 4.27. The zero-order chi connectivity index (χ0) is 17.9. The Morgan fingerprint density at radius 1 is 1.23 bits per heavy atom. The van der Waals surface area contributed by atoms with Crippen LogP contribution in [-0.4, -0.2) is 52.3 Å². The van der Waals surface area contributed by atoms with E-state index >= 15 is 0 Å². The summed E-state index contributed by atoms with van der Waals surface area (Å²) < 4.78 is 11.6. The molecule has 26 heavy (non-hydrogen) atoms. The highest BCUT2D eigenvalue weighted by molar-refractivity contribution is 5.94. The van der Waals surface area contributed by atoms with Crippen molar-refractivity contribution < 1.29 is 14.3 Å². The van der Waals surface area contributed by atoms with Crippen molar-refractivity contribution in [3.05, 3.63) is 60.6 Å². The second-order valence-electron chi connectivity index (χ2n) is 6.10. The van der Waals surface area contributed by atoms with E-state index < -0.39 is 0 Å². The molecule has 3 heterocycles. The maximum atomic E-state index is 12.6. The van der Waals surface area contributed by atoms with E-state index in [0.29, 0.717) is 24.5 Å². The second kappa shape index (κ2) is 6.87. The number of nitrogens with one attached hydrogen (secondary N) is 1.